The zero-order valence-corrected chi connectivity index (χ0v) is 11.7. The maximum Gasteiger partial charge on any atom is 0.348 e. The van der Waals surface area contributed by atoms with E-state index in [1.54, 1.807) is 12.1 Å². The summed E-state index contributed by atoms with van der Waals surface area (Å²) in [6, 6.07) is 7.31. The van der Waals surface area contributed by atoms with Gasteiger partial charge < -0.3 is 9.99 Å². The summed E-state index contributed by atoms with van der Waals surface area (Å²) in [4.78, 5) is 19.4. The third kappa shape index (κ3) is 1.70. The first-order valence-electron chi connectivity index (χ1n) is 6.66. The molecule has 1 aliphatic heterocycles. The summed E-state index contributed by atoms with van der Waals surface area (Å²) in [6.07, 6.45) is 1.88. The van der Waals surface area contributed by atoms with Crippen LogP contribution in [0.2, 0.25) is 0 Å². The van der Waals surface area contributed by atoms with Crippen LogP contribution >= 0.6 is 0 Å². The van der Waals surface area contributed by atoms with Gasteiger partial charge in [-0.1, -0.05) is 6.07 Å². The lowest BCUT2D eigenvalue weighted by molar-refractivity contribution is 0.374. The fourth-order valence-corrected chi connectivity index (χ4v) is 2.56. The Bertz CT molecular complexity index is 1040. The van der Waals surface area contributed by atoms with Crippen LogP contribution < -0.4 is 11.1 Å². The number of benzene rings is 1. The van der Waals surface area contributed by atoms with E-state index in [4.69, 9.17) is 5.26 Å². The standard InChI is InChI=1S/C14H11N7O/c1-20-7-9(6-16-20)12-18-13-10-4-2-3-8(5-15)11(10)17-14(22)21(13)19-12/h2-4,7,16H,6H2,1H3,(H,17,22). The summed E-state index contributed by atoms with van der Waals surface area (Å²) in [5, 5.41) is 16.0. The van der Waals surface area contributed by atoms with E-state index in [0.29, 0.717) is 34.5 Å². The lowest BCUT2D eigenvalue weighted by atomic mass is 10.1. The molecular formula is C14H11N7O. The van der Waals surface area contributed by atoms with Gasteiger partial charge in [0.05, 0.1) is 11.1 Å². The van der Waals surface area contributed by atoms with E-state index >= 15 is 0 Å². The normalized spacial score (nSPS) is 14.5. The van der Waals surface area contributed by atoms with Gasteiger partial charge in [-0.05, 0) is 12.1 Å². The number of para-hydroxylation sites is 1. The molecule has 22 heavy (non-hydrogen) atoms. The quantitative estimate of drug-likeness (QED) is 0.666. The summed E-state index contributed by atoms with van der Waals surface area (Å²) in [6.45, 7) is 0.604. The maximum absolute atomic E-state index is 12.2. The first-order chi connectivity index (χ1) is 10.7. The largest absolute Gasteiger partial charge is 0.348 e. The van der Waals surface area contributed by atoms with Crippen LogP contribution in [0, 0.1) is 11.3 Å². The van der Waals surface area contributed by atoms with E-state index in [-0.39, 0.29) is 0 Å². The molecule has 0 saturated carbocycles. The van der Waals surface area contributed by atoms with Crippen molar-refractivity contribution in [3.63, 3.8) is 0 Å². The monoisotopic (exact) mass is 293 g/mol. The number of aromatic amines is 1. The highest BCUT2D eigenvalue weighted by Gasteiger charge is 2.18. The number of rotatable bonds is 1. The van der Waals surface area contributed by atoms with Crippen LogP contribution in [0.25, 0.3) is 22.1 Å². The number of aromatic nitrogens is 4. The van der Waals surface area contributed by atoms with E-state index in [2.05, 4.69) is 26.6 Å². The van der Waals surface area contributed by atoms with Crippen molar-refractivity contribution in [3.05, 3.63) is 46.3 Å². The van der Waals surface area contributed by atoms with E-state index < -0.39 is 5.69 Å². The first-order valence-corrected chi connectivity index (χ1v) is 6.66. The molecule has 0 fully saturated rings. The summed E-state index contributed by atoms with van der Waals surface area (Å²) >= 11 is 0. The molecule has 3 heterocycles. The Labute approximate surface area is 124 Å². The van der Waals surface area contributed by atoms with Crippen LogP contribution in [0.3, 0.4) is 0 Å². The van der Waals surface area contributed by atoms with Gasteiger partial charge in [0.1, 0.15) is 6.07 Å². The molecule has 0 atom stereocenters. The number of hydrogen-bond donors (Lipinski definition) is 2. The van der Waals surface area contributed by atoms with Gasteiger partial charge in [0, 0.05) is 30.8 Å². The summed E-state index contributed by atoms with van der Waals surface area (Å²) in [7, 11) is 1.88. The van der Waals surface area contributed by atoms with E-state index in [9.17, 15) is 4.79 Å². The van der Waals surface area contributed by atoms with E-state index in [1.165, 1.54) is 4.52 Å². The Morgan fingerprint density at radius 2 is 2.27 bits per heavy atom. The SMILES string of the molecule is CN1C=C(c2nc3c4cccc(C#N)c4[nH]c(=O)n3n2)CN1. The smallest absolute Gasteiger partial charge is 0.318 e. The molecule has 108 valence electrons. The van der Waals surface area contributed by atoms with Crippen LogP contribution in [0.1, 0.15) is 11.4 Å². The van der Waals surface area contributed by atoms with Crippen LogP contribution in [-0.4, -0.2) is 38.2 Å². The molecule has 2 N–H and O–H groups in total. The van der Waals surface area contributed by atoms with Gasteiger partial charge in [-0.25, -0.2) is 15.2 Å². The van der Waals surface area contributed by atoms with Crippen molar-refractivity contribution in [2.24, 2.45) is 0 Å². The molecule has 8 nitrogen and oxygen atoms in total. The lowest BCUT2D eigenvalue weighted by Gasteiger charge is -2.04. The van der Waals surface area contributed by atoms with Crippen LogP contribution in [0.4, 0.5) is 0 Å². The van der Waals surface area contributed by atoms with Crippen molar-refractivity contribution in [2.45, 2.75) is 0 Å². The van der Waals surface area contributed by atoms with Crippen molar-refractivity contribution < 1.29 is 0 Å². The highest BCUT2D eigenvalue weighted by molar-refractivity contribution is 5.94. The van der Waals surface area contributed by atoms with E-state index in [0.717, 1.165) is 5.57 Å². The molecule has 8 heteroatoms. The molecule has 3 aromatic rings. The van der Waals surface area contributed by atoms with Crippen molar-refractivity contribution in [1.29, 1.82) is 5.26 Å². The molecule has 0 amide bonds. The number of hydrazine groups is 1. The van der Waals surface area contributed by atoms with Gasteiger partial charge in [-0.2, -0.15) is 9.78 Å². The Morgan fingerprint density at radius 3 is 3.00 bits per heavy atom. The molecule has 1 aromatic carbocycles. The van der Waals surface area contributed by atoms with Crippen LogP contribution in [0.5, 0.6) is 0 Å². The Morgan fingerprint density at radius 1 is 1.41 bits per heavy atom. The molecule has 0 bridgehead atoms. The third-order valence-electron chi connectivity index (χ3n) is 3.61. The average molecular weight is 293 g/mol. The summed E-state index contributed by atoms with van der Waals surface area (Å²) < 4.78 is 1.23. The van der Waals surface area contributed by atoms with Gasteiger partial charge in [-0.3, -0.25) is 0 Å². The molecule has 0 aliphatic carbocycles. The Balaban J connectivity index is 2.06. The maximum atomic E-state index is 12.2. The highest BCUT2D eigenvalue weighted by atomic mass is 16.1. The van der Waals surface area contributed by atoms with Crippen molar-refractivity contribution in [3.8, 4) is 6.07 Å². The average Bonchev–Trinajstić information content (AvgIpc) is 3.13. The molecule has 0 saturated heterocycles. The molecule has 0 radical (unpaired) electrons. The lowest BCUT2D eigenvalue weighted by Crippen LogP contribution is -2.23. The molecule has 0 unspecified atom stereocenters. The number of fused-ring (bicyclic) bond motifs is 3. The van der Waals surface area contributed by atoms with Gasteiger partial charge >= 0.3 is 5.69 Å². The second-order valence-corrected chi connectivity index (χ2v) is 5.04. The van der Waals surface area contributed by atoms with Crippen LogP contribution in [-0.2, 0) is 0 Å². The second kappa shape index (κ2) is 4.41. The Hall–Kier alpha value is -3.18. The van der Waals surface area contributed by atoms with Crippen LogP contribution in [0.15, 0.2) is 29.2 Å². The number of nitrogens with zero attached hydrogens (tertiary/aromatic N) is 5. The van der Waals surface area contributed by atoms with Gasteiger partial charge in [-0.15, -0.1) is 5.10 Å². The molecule has 1 aliphatic rings. The van der Waals surface area contributed by atoms with E-state index in [1.807, 2.05) is 24.3 Å². The first kappa shape index (κ1) is 12.6. The number of H-pyrrole nitrogens is 1. The van der Waals surface area contributed by atoms with Gasteiger partial charge in [0.2, 0.25) is 0 Å². The molecular weight excluding hydrogens is 282 g/mol. The predicted octanol–water partition coefficient (Wildman–Crippen LogP) is 0.233. The predicted molar refractivity (Wildman–Crippen MR) is 79.6 cm³/mol. The minimum atomic E-state index is -0.413. The third-order valence-corrected chi connectivity index (χ3v) is 3.61. The zero-order valence-electron chi connectivity index (χ0n) is 11.7. The Kier molecular flexibility index (Phi) is 2.51. The number of nitriles is 1. The molecule has 0 spiro atoms. The minimum Gasteiger partial charge on any atom is -0.318 e. The topological polar surface area (TPSA) is 102 Å². The van der Waals surface area contributed by atoms with Gasteiger partial charge in [0.15, 0.2) is 11.5 Å². The van der Waals surface area contributed by atoms with Crippen molar-refractivity contribution >= 4 is 22.1 Å². The molecule has 2 aromatic heterocycles. The number of nitrogens with one attached hydrogen (secondary N) is 2. The zero-order chi connectivity index (χ0) is 15.3. The summed E-state index contributed by atoms with van der Waals surface area (Å²) in [5.74, 6) is 0.497. The highest BCUT2D eigenvalue weighted by Crippen LogP contribution is 2.20. The molecule has 4 rings (SSSR count). The van der Waals surface area contributed by atoms with Crippen molar-refractivity contribution in [1.82, 2.24) is 30.0 Å². The second-order valence-electron chi connectivity index (χ2n) is 5.04. The number of hydrogen-bond acceptors (Lipinski definition) is 6. The summed E-state index contributed by atoms with van der Waals surface area (Å²) in [5.41, 5.74) is 4.92. The minimum absolute atomic E-state index is 0.406. The van der Waals surface area contributed by atoms with Gasteiger partial charge in [0.25, 0.3) is 0 Å². The fraction of sp³-hybridized carbons (Fsp3) is 0.143. The van der Waals surface area contributed by atoms with Crippen molar-refractivity contribution in [2.75, 3.05) is 13.6 Å². The fourth-order valence-electron chi connectivity index (χ4n) is 2.56.